The number of aromatic nitrogens is 2. The Balaban J connectivity index is 1.59. The quantitative estimate of drug-likeness (QED) is 0.792. The summed E-state index contributed by atoms with van der Waals surface area (Å²) < 4.78 is 1.42. The van der Waals surface area contributed by atoms with E-state index in [1.54, 1.807) is 0 Å². The summed E-state index contributed by atoms with van der Waals surface area (Å²) in [5, 5.41) is 7.26. The Morgan fingerprint density at radius 1 is 1.21 bits per heavy atom. The number of allylic oxidation sites excluding steroid dienone is 2. The van der Waals surface area contributed by atoms with Crippen molar-refractivity contribution in [3.63, 3.8) is 0 Å². The predicted octanol–water partition coefficient (Wildman–Crippen LogP) is 3.10. The van der Waals surface area contributed by atoms with Gasteiger partial charge in [0, 0.05) is 29.3 Å². The van der Waals surface area contributed by atoms with Crippen molar-refractivity contribution in [1.29, 1.82) is 0 Å². The first-order valence-corrected chi connectivity index (χ1v) is 6.45. The number of amides is 1. The van der Waals surface area contributed by atoms with Crippen LogP contribution in [0.1, 0.15) is 29.5 Å². The van der Waals surface area contributed by atoms with Gasteiger partial charge in [-0.15, -0.1) is 0 Å². The summed E-state index contributed by atoms with van der Waals surface area (Å²) in [7, 11) is 0. The Hall–Kier alpha value is -2.36. The SMILES string of the molecule is O=C(Nc1ccccc1)n1cc2c(n1)[C@@H]1C=C[C@H]2C1. The minimum atomic E-state index is -0.208. The number of nitrogens with one attached hydrogen (secondary N) is 1. The highest BCUT2D eigenvalue weighted by Gasteiger charge is 2.36. The summed E-state index contributed by atoms with van der Waals surface area (Å²) in [5.74, 6) is 0.865. The van der Waals surface area contributed by atoms with Crippen molar-refractivity contribution in [3.8, 4) is 0 Å². The molecule has 2 bridgehead atoms. The molecular weight excluding hydrogens is 238 g/mol. The van der Waals surface area contributed by atoms with Crippen LogP contribution in [0.2, 0.25) is 0 Å². The average molecular weight is 251 g/mol. The fourth-order valence-corrected chi connectivity index (χ4v) is 2.91. The first-order chi connectivity index (χ1) is 9.31. The van der Waals surface area contributed by atoms with Gasteiger partial charge in [0.1, 0.15) is 0 Å². The number of hydrogen-bond acceptors (Lipinski definition) is 2. The van der Waals surface area contributed by atoms with Gasteiger partial charge < -0.3 is 5.32 Å². The fraction of sp³-hybridized carbons (Fsp3) is 0.200. The van der Waals surface area contributed by atoms with Crippen LogP contribution < -0.4 is 5.32 Å². The van der Waals surface area contributed by atoms with Crippen LogP contribution in [0.4, 0.5) is 10.5 Å². The summed E-state index contributed by atoms with van der Waals surface area (Å²) in [6.45, 7) is 0. The molecule has 2 atom stereocenters. The largest absolute Gasteiger partial charge is 0.346 e. The summed E-state index contributed by atoms with van der Waals surface area (Å²) >= 11 is 0. The number of fused-ring (bicyclic) bond motifs is 5. The van der Waals surface area contributed by atoms with Gasteiger partial charge in [-0.1, -0.05) is 30.4 Å². The lowest BCUT2D eigenvalue weighted by Gasteiger charge is -2.05. The van der Waals surface area contributed by atoms with Gasteiger partial charge in [-0.2, -0.15) is 9.78 Å². The van der Waals surface area contributed by atoms with E-state index in [2.05, 4.69) is 22.6 Å². The van der Waals surface area contributed by atoms with Crippen molar-refractivity contribution in [3.05, 3.63) is 59.9 Å². The number of anilines is 1. The highest BCUT2D eigenvalue weighted by molar-refractivity contribution is 5.90. The van der Waals surface area contributed by atoms with E-state index in [0.717, 1.165) is 17.8 Å². The summed E-state index contributed by atoms with van der Waals surface area (Å²) in [5.41, 5.74) is 3.05. The average Bonchev–Trinajstić information content (AvgIpc) is 3.12. The minimum absolute atomic E-state index is 0.208. The number of benzene rings is 1. The molecule has 4 heteroatoms. The highest BCUT2D eigenvalue weighted by Crippen LogP contribution is 2.47. The molecule has 1 heterocycles. The normalized spacial score (nSPS) is 22.5. The van der Waals surface area contributed by atoms with Gasteiger partial charge in [-0.05, 0) is 18.6 Å². The van der Waals surface area contributed by atoms with Crippen LogP contribution in [-0.4, -0.2) is 15.8 Å². The van der Waals surface area contributed by atoms with Crippen LogP contribution in [0.5, 0.6) is 0 Å². The Morgan fingerprint density at radius 2 is 2.00 bits per heavy atom. The lowest BCUT2D eigenvalue weighted by Crippen LogP contribution is -2.20. The van der Waals surface area contributed by atoms with Crippen LogP contribution in [0.25, 0.3) is 0 Å². The molecule has 0 spiro atoms. The third kappa shape index (κ3) is 1.60. The summed E-state index contributed by atoms with van der Waals surface area (Å²) in [4.78, 5) is 12.1. The predicted molar refractivity (Wildman–Crippen MR) is 72.3 cm³/mol. The van der Waals surface area contributed by atoms with Crippen molar-refractivity contribution in [1.82, 2.24) is 9.78 Å². The number of para-hydroxylation sites is 1. The van der Waals surface area contributed by atoms with Gasteiger partial charge in [0.2, 0.25) is 0 Å². The maximum Gasteiger partial charge on any atom is 0.346 e. The minimum Gasteiger partial charge on any atom is -0.306 e. The zero-order valence-corrected chi connectivity index (χ0v) is 10.3. The molecule has 0 radical (unpaired) electrons. The monoisotopic (exact) mass is 251 g/mol. The van der Waals surface area contributed by atoms with Crippen LogP contribution in [0.15, 0.2) is 48.7 Å². The van der Waals surface area contributed by atoms with Crippen molar-refractivity contribution >= 4 is 11.7 Å². The van der Waals surface area contributed by atoms with Gasteiger partial charge in [0.05, 0.1) is 5.69 Å². The topological polar surface area (TPSA) is 46.9 Å². The van der Waals surface area contributed by atoms with E-state index in [9.17, 15) is 4.79 Å². The zero-order chi connectivity index (χ0) is 12.8. The van der Waals surface area contributed by atoms with Gasteiger partial charge >= 0.3 is 6.03 Å². The standard InChI is InChI=1S/C15H13N3O/c19-15(16-12-4-2-1-3-5-12)18-9-13-10-6-7-11(8-10)14(13)17-18/h1-7,9-11H,8H2,(H,16,19)/t10-,11+/m0/s1. The van der Waals surface area contributed by atoms with Crippen LogP contribution in [0, 0.1) is 0 Å². The van der Waals surface area contributed by atoms with Gasteiger partial charge in [-0.3, -0.25) is 0 Å². The molecule has 4 rings (SSSR count). The van der Waals surface area contributed by atoms with E-state index in [4.69, 9.17) is 0 Å². The fourth-order valence-electron chi connectivity index (χ4n) is 2.91. The molecular formula is C15H13N3O. The van der Waals surface area contributed by atoms with Crippen LogP contribution >= 0.6 is 0 Å². The first kappa shape index (κ1) is 10.6. The molecule has 2 aliphatic carbocycles. The van der Waals surface area contributed by atoms with E-state index < -0.39 is 0 Å². The zero-order valence-electron chi connectivity index (χ0n) is 10.3. The molecule has 94 valence electrons. The second kappa shape index (κ2) is 3.82. The highest BCUT2D eigenvalue weighted by atomic mass is 16.2. The van der Waals surface area contributed by atoms with Crippen molar-refractivity contribution in [2.24, 2.45) is 0 Å². The van der Waals surface area contributed by atoms with Crippen LogP contribution in [0.3, 0.4) is 0 Å². The molecule has 1 aromatic heterocycles. The van der Waals surface area contributed by atoms with Gasteiger partial charge in [0.25, 0.3) is 0 Å². The summed E-state index contributed by atoms with van der Waals surface area (Å²) in [6, 6.07) is 9.22. The first-order valence-electron chi connectivity index (χ1n) is 6.45. The smallest absolute Gasteiger partial charge is 0.306 e. The second-order valence-electron chi connectivity index (χ2n) is 5.04. The van der Waals surface area contributed by atoms with Crippen LogP contribution in [-0.2, 0) is 0 Å². The Kier molecular flexibility index (Phi) is 2.12. The Morgan fingerprint density at radius 3 is 2.79 bits per heavy atom. The third-order valence-electron chi connectivity index (χ3n) is 3.84. The molecule has 0 aliphatic heterocycles. The third-order valence-corrected chi connectivity index (χ3v) is 3.84. The van der Waals surface area contributed by atoms with Gasteiger partial charge in [0.15, 0.2) is 0 Å². The Bertz CT molecular complexity index is 642. The second-order valence-corrected chi connectivity index (χ2v) is 5.04. The van der Waals surface area contributed by atoms with Crippen molar-refractivity contribution in [2.45, 2.75) is 18.3 Å². The van der Waals surface area contributed by atoms with Crippen molar-refractivity contribution < 1.29 is 4.79 Å². The molecule has 19 heavy (non-hydrogen) atoms. The van der Waals surface area contributed by atoms with E-state index in [1.807, 2.05) is 36.5 Å². The van der Waals surface area contributed by atoms with E-state index >= 15 is 0 Å². The number of carbonyl (C=O) groups is 1. The Labute approximate surface area is 110 Å². The number of rotatable bonds is 1. The molecule has 2 aliphatic rings. The maximum atomic E-state index is 12.1. The molecule has 0 saturated heterocycles. The molecule has 0 saturated carbocycles. The maximum absolute atomic E-state index is 12.1. The lowest BCUT2D eigenvalue weighted by atomic mass is 10.1. The molecule has 1 N–H and O–H groups in total. The molecule has 1 amide bonds. The molecule has 1 aromatic carbocycles. The van der Waals surface area contributed by atoms with Gasteiger partial charge in [-0.25, -0.2) is 4.79 Å². The van der Waals surface area contributed by atoms with E-state index in [-0.39, 0.29) is 6.03 Å². The molecule has 0 unspecified atom stereocenters. The van der Waals surface area contributed by atoms with E-state index in [1.165, 1.54) is 10.2 Å². The number of carbonyl (C=O) groups excluding carboxylic acids is 1. The molecule has 2 aromatic rings. The molecule has 0 fully saturated rings. The van der Waals surface area contributed by atoms with Crippen molar-refractivity contribution in [2.75, 3.05) is 5.32 Å². The molecule has 4 nitrogen and oxygen atoms in total. The number of hydrogen-bond donors (Lipinski definition) is 1. The lowest BCUT2D eigenvalue weighted by molar-refractivity contribution is 0.250. The summed E-state index contributed by atoms with van der Waals surface area (Å²) in [6.07, 6.45) is 7.40. The van der Waals surface area contributed by atoms with E-state index in [0.29, 0.717) is 11.8 Å². The number of nitrogens with zero attached hydrogens (tertiary/aromatic N) is 2.